The molecule has 0 aliphatic heterocycles. The summed E-state index contributed by atoms with van der Waals surface area (Å²) < 4.78 is 36.9. The van der Waals surface area contributed by atoms with Crippen molar-refractivity contribution in [2.75, 3.05) is 0 Å². The van der Waals surface area contributed by atoms with Gasteiger partial charge in [-0.2, -0.15) is 13.2 Å². The van der Waals surface area contributed by atoms with E-state index in [9.17, 15) is 18.0 Å². The van der Waals surface area contributed by atoms with E-state index in [1.54, 1.807) is 19.1 Å². The Kier molecular flexibility index (Phi) is 4.45. The molecule has 0 saturated heterocycles. The normalized spacial score (nSPS) is 11.5. The van der Waals surface area contributed by atoms with Crippen molar-refractivity contribution in [1.29, 1.82) is 0 Å². The molecule has 1 N–H and O–H groups in total. The van der Waals surface area contributed by atoms with Crippen LogP contribution < -0.4 is 0 Å². The summed E-state index contributed by atoms with van der Waals surface area (Å²) >= 11 is -0.200. The third kappa shape index (κ3) is 5.12. The van der Waals surface area contributed by atoms with Crippen molar-refractivity contribution in [3.8, 4) is 0 Å². The fourth-order valence-corrected chi connectivity index (χ4v) is 2.12. The number of aliphatic carboxylic acids is 1. The largest absolute Gasteiger partial charge is 0.481 e. The van der Waals surface area contributed by atoms with Gasteiger partial charge in [-0.05, 0) is 42.3 Å². The van der Waals surface area contributed by atoms with Gasteiger partial charge in [0.25, 0.3) is 0 Å². The van der Waals surface area contributed by atoms with Crippen LogP contribution in [0.5, 0.6) is 0 Å². The third-order valence-corrected chi connectivity index (χ3v) is 2.89. The maximum Gasteiger partial charge on any atom is 0.446 e. The molecule has 0 bridgehead atoms. The van der Waals surface area contributed by atoms with Crippen molar-refractivity contribution < 1.29 is 23.1 Å². The van der Waals surface area contributed by atoms with E-state index in [1.165, 1.54) is 6.07 Å². The van der Waals surface area contributed by atoms with Gasteiger partial charge in [-0.3, -0.25) is 4.79 Å². The van der Waals surface area contributed by atoms with E-state index in [1.807, 2.05) is 0 Å². The average Bonchev–Trinajstić information content (AvgIpc) is 2.13. The summed E-state index contributed by atoms with van der Waals surface area (Å²) in [6, 6.07) is 4.65. The number of carboxylic acids is 1. The van der Waals surface area contributed by atoms with Crippen molar-refractivity contribution in [1.82, 2.24) is 0 Å². The smallest absolute Gasteiger partial charge is 0.446 e. The number of alkyl halides is 3. The van der Waals surface area contributed by atoms with Crippen LogP contribution >= 0.6 is 11.8 Å². The minimum absolute atomic E-state index is 0.0822. The number of carbonyl (C=O) groups is 1. The van der Waals surface area contributed by atoms with Crippen molar-refractivity contribution in [2.24, 2.45) is 0 Å². The number of benzene rings is 1. The summed E-state index contributed by atoms with van der Waals surface area (Å²) in [5.41, 5.74) is -3.22. The van der Waals surface area contributed by atoms with Crippen LogP contribution in [0.15, 0.2) is 23.1 Å². The molecule has 0 saturated carbocycles. The SMILES string of the molecule is Cc1ccc(CCC(=O)O)c(SC(F)(F)F)c1. The Hall–Kier alpha value is -1.17. The van der Waals surface area contributed by atoms with E-state index >= 15 is 0 Å². The maximum absolute atomic E-state index is 12.3. The minimum Gasteiger partial charge on any atom is -0.481 e. The molecule has 0 heterocycles. The molecular formula is C11H11F3O2S. The topological polar surface area (TPSA) is 37.3 Å². The second-order valence-corrected chi connectivity index (χ2v) is 4.66. The second-order valence-electron chi connectivity index (χ2n) is 3.55. The predicted molar refractivity (Wildman–Crippen MR) is 59.0 cm³/mol. The van der Waals surface area contributed by atoms with Crippen molar-refractivity contribution in [3.05, 3.63) is 29.3 Å². The highest BCUT2D eigenvalue weighted by Gasteiger charge is 2.30. The highest BCUT2D eigenvalue weighted by Crippen LogP contribution is 2.39. The van der Waals surface area contributed by atoms with E-state index in [2.05, 4.69) is 0 Å². The lowest BCUT2D eigenvalue weighted by Crippen LogP contribution is -2.03. The first-order valence-corrected chi connectivity index (χ1v) is 5.66. The van der Waals surface area contributed by atoms with Crippen LogP contribution in [-0.2, 0) is 11.2 Å². The van der Waals surface area contributed by atoms with Gasteiger partial charge in [-0.15, -0.1) is 0 Å². The fraction of sp³-hybridized carbons (Fsp3) is 0.364. The number of hydrogen-bond donors (Lipinski definition) is 1. The molecule has 6 heteroatoms. The molecule has 0 radical (unpaired) electrons. The maximum atomic E-state index is 12.3. The van der Waals surface area contributed by atoms with Crippen molar-refractivity contribution in [2.45, 2.75) is 30.2 Å². The van der Waals surface area contributed by atoms with Crippen LogP contribution in [0, 0.1) is 6.92 Å². The van der Waals surface area contributed by atoms with Crippen LogP contribution in [0.3, 0.4) is 0 Å². The Bertz CT molecular complexity index is 416. The first kappa shape index (κ1) is 13.9. The van der Waals surface area contributed by atoms with E-state index in [-0.39, 0.29) is 29.5 Å². The molecule has 0 unspecified atom stereocenters. The van der Waals surface area contributed by atoms with Crippen LogP contribution in [0.4, 0.5) is 13.2 Å². The lowest BCUT2D eigenvalue weighted by Gasteiger charge is -2.11. The van der Waals surface area contributed by atoms with E-state index < -0.39 is 11.5 Å². The molecule has 94 valence electrons. The molecule has 0 amide bonds. The van der Waals surface area contributed by atoms with Gasteiger partial charge in [0.2, 0.25) is 0 Å². The minimum atomic E-state index is -4.36. The zero-order chi connectivity index (χ0) is 13.1. The Balaban J connectivity index is 2.91. The molecule has 0 aromatic heterocycles. The van der Waals surface area contributed by atoms with Crippen molar-refractivity contribution in [3.63, 3.8) is 0 Å². The van der Waals surface area contributed by atoms with Crippen LogP contribution in [0.1, 0.15) is 17.5 Å². The zero-order valence-electron chi connectivity index (χ0n) is 9.04. The second kappa shape index (κ2) is 5.44. The molecule has 0 fully saturated rings. The standard InChI is InChI=1S/C11H11F3O2S/c1-7-2-3-8(4-5-10(15)16)9(6-7)17-11(12,13)14/h2-3,6H,4-5H2,1H3,(H,15,16). The van der Waals surface area contributed by atoms with Gasteiger partial charge in [0, 0.05) is 11.3 Å². The summed E-state index contributed by atoms with van der Waals surface area (Å²) in [6.07, 6.45) is -0.0670. The van der Waals surface area contributed by atoms with E-state index in [0.717, 1.165) is 5.56 Å². The van der Waals surface area contributed by atoms with Crippen LogP contribution in [0.2, 0.25) is 0 Å². The van der Waals surface area contributed by atoms with Gasteiger partial charge in [0.05, 0.1) is 0 Å². The molecular weight excluding hydrogens is 253 g/mol. The number of aryl methyl sites for hydroxylation is 2. The lowest BCUT2D eigenvalue weighted by molar-refractivity contribution is -0.136. The van der Waals surface area contributed by atoms with Gasteiger partial charge in [0.1, 0.15) is 0 Å². The molecule has 1 rings (SSSR count). The monoisotopic (exact) mass is 264 g/mol. The molecule has 2 nitrogen and oxygen atoms in total. The van der Waals surface area contributed by atoms with Gasteiger partial charge in [0.15, 0.2) is 0 Å². The van der Waals surface area contributed by atoms with E-state index in [0.29, 0.717) is 5.56 Å². The number of carboxylic acid groups (broad SMARTS) is 1. The molecule has 1 aromatic rings. The molecule has 0 aliphatic carbocycles. The zero-order valence-corrected chi connectivity index (χ0v) is 9.86. The lowest BCUT2D eigenvalue weighted by atomic mass is 10.1. The third-order valence-electron chi connectivity index (χ3n) is 2.06. The van der Waals surface area contributed by atoms with E-state index in [4.69, 9.17) is 5.11 Å². The number of thioether (sulfide) groups is 1. The first-order chi connectivity index (χ1) is 7.78. The summed E-state index contributed by atoms with van der Waals surface area (Å²) in [5, 5.41) is 8.52. The number of rotatable bonds is 4. The molecule has 1 aromatic carbocycles. The van der Waals surface area contributed by atoms with Crippen LogP contribution in [0.25, 0.3) is 0 Å². The molecule has 0 atom stereocenters. The van der Waals surface area contributed by atoms with Crippen molar-refractivity contribution >= 4 is 17.7 Å². The molecule has 0 aliphatic rings. The van der Waals surface area contributed by atoms with Crippen LogP contribution in [-0.4, -0.2) is 16.6 Å². The summed E-state index contributed by atoms with van der Waals surface area (Å²) in [6.45, 7) is 1.70. The Labute approximate surface area is 101 Å². The Morgan fingerprint density at radius 3 is 2.59 bits per heavy atom. The molecule has 0 spiro atoms. The predicted octanol–water partition coefficient (Wildman–Crippen LogP) is 3.62. The van der Waals surface area contributed by atoms with Gasteiger partial charge in [-0.1, -0.05) is 12.1 Å². The molecule has 17 heavy (non-hydrogen) atoms. The highest BCUT2D eigenvalue weighted by atomic mass is 32.2. The number of halogens is 3. The van der Waals surface area contributed by atoms with Gasteiger partial charge in [-0.25, -0.2) is 0 Å². The average molecular weight is 264 g/mol. The fourth-order valence-electron chi connectivity index (χ4n) is 1.33. The quantitative estimate of drug-likeness (QED) is 0.844. The van der Waals surface area contributed by atoms with Gasteiger partial charge < -0.3 is 5.11 Å². The summed E-state index contributed by atoms with van der Waals surface area (Å²) in [7, 11) is 0. The Morgan fingerprint density at radius 1 is 1.41 bits per heavy atom. The Morgan fingerprint density at radius 2 is 2.06 bits per heavy atom. The first-order valence-electron chi connectivity index (χ1n) is 4.85. The van der Waals surface area contributed by atoms with Gasteiger partial charge >= 0.3 is 11.5 Å². The summed E-state index contributed by atoms with van der Waals surface area (Å²) in [4.78, 5) is 10.5. The number of hydrogen-bond acceptors (Lipinski definition) is 2. The highest BCUT2D eigenvalue weighted by molar-refractivity contribution is 8.00. The summed E-state index contributed by atoms with van der Waals surface area (Å²) in [5.74, 6) is -1.02.